The molecule has 1 radical (unpaired) electrons. The van der Waals surface area contributed by atoms with E-state index in [0.717, 1.165) is 6.61 Å². The first kappa shape index (κ1) is 9.82. The molecule has 5 nitrogen and oxygen atoms in total. The van der Waals surface area contributed by atoms with Crippen LogP contribution in [0.1, 0.15) is 0 Å². The van der Waals surface area contributed by atoms with Gasteiger partial charge in [-0.1, -0.05) is 0 Å². The minimum absolute atomic E-state index is 0.451. The summed E-state index contributed by atoms with van der Waals surface area (Å²) in [5, 5.41) is 26.8. The van der Waals surface area contributed by atoms with Gasteiger partial charge in [0, 0.05) is 0 Å². The Morgan fingerprint density at radius 1 is 1.42 bits per heavy atom. The highest BCUT2D eigenvalue weighted by Gasteiger charge is 2.39. The van der Waals surface area contributed by atoms with Crippen molar-refractivity contribution in [3.63, 3.8) is 0 Å². The molecule has 0 aromatic heterocycles. The van der Waals surface area contributed by atoms with Gasteiger partial charge in [-0.25, -0.2) is 0 Å². The van der Waals surface area contributed by atoms with Crippen molar-refractivity contribution < 1.29 is 29.5 Å². The number of hydrogen-bond donors (Lipinski definition) is 3. The quantitative estimate of drug-likeness (QED) is 0.484. The first-order valence-corrected chi connectivity index (χ1v) is 3.44. The average molecular weight is 181 g/mol. The minimum atomic E-state index is -1.42. The standard InChI is InChI=1S/C6H10FO5/c7-12-4-2-11-3(1-8)5(9)6(4)10/h2-6,8-10H,1H2/t3-,4+,5-,6-/m1/s1. The van der Waals surface area contributed by atoms with E-state index in [-0.39, 0.29) is 0 Å². The maximum atomic E-state index is 11.6. The molecule has 0 spiro atoms. The molecule has 6 heteroatoms. The van der Waals surface area contributed by atoms with Gasteiger partial charge in [-0.2, -0.15) is 4.94 Å². The molecule has 1 aliphatic rings. The second-order valence-electron chi connectivity index (χ2n) is 2.53. The molecule has 12 heavy (non-hydrogen) atoms. The molecule has 0 aromatic rings. The largest absolute Gasteiger partial charge is 0.394 e. The van der Waals surface area contributed by atoms with Crippen LogP contribution in [0.3, 0.4) is 0 Å². The summed E-state index contributed by atoms with van der Waals surface area (Å²) in [7, 11) is 0. The summed E-state index contributed by atoms with van der Waals surface area (Å²) in [5.74, 6) is 0. The molecule has 1 fully saturated rings. The molecule has 0 aliphatic carbocycles. The van der Waals surface area contributed by atoms with Gasteiger partial charge in [0.25, 0.3) is 0 Å². The number of rotatable bonds is 2. The van der Waals surface area contributed by atoms with Crippen LogP contribution >= 0.6 is 0 Å². The Morgan fingerprint density at radius 3 is 2.58 bits per heavy atom. The van der Waals surface area contributed by atoms with E-state index < -0.39 is 31.0 Å². The highest BCUT2D eigenvalue weighted by atomic mass is 19.3. The van der Waals surface area contributed by atoms with Crippen molar-refractivity contribution in [1.82, 2.24) is 0 Å². The minimum Gasteiger partial charge on any atom is -0.394 e. The zero-order valence-corrected chi connectivity index (χ0v) is 6.13. The van der Waals surface area contributed by atoms with Gasteiger partial charge in [0.1, 0.15) is 24.9 Å². The molecule has 1 aliphatic heterocycles. The lowest BCUT2D eigenvalue weighted by Crippen LogP contribution is -2.52. The van der Waals surface area contributed by atoms with Gasteiger partial charge in [-0.15, -0.1) is 0 Å². The average Bonchev–Trinajstić information content (AvgIpc) is 2.10. The van der Waals surface area contributed by atoms with Crippen LogP contribution in [0.2, 0.25) is 0 Å². The summed E-state index contributed by atoms with van der Waals surface area (Å²) in [6, 6.07) is 0. The number of aliphatic hydroxyl groups is 3. The van der Waals surface area contributed by atoms with E-state index in [9.17, 15) is 4.53 Å². The van der Waals surface area contributed by atoms with Crippen molar-refractivity contribution in [2.45, 2.75) is 24.4 Å². The fourth-order valence-corrected chi connectivity index (χ4v) is 0.978. The summed E-state index contributed by atoms with van der Waals surface area (Å²) < 4.78 is 16.3. The highest BCUT2D eigenvalue weighted by molar-refractivity contribution is 4.91. The molecule has 0 unspecified atom stereocenters. The van der Waals surface area contributed by atoms with E-state index in [4.69, 9.17) is 15.3 Å². The lowest BCUT2D eigenvalue weighted by Gasteiger charge is -2.33. The fourth-order valence-electron chi connectivity index (χ4n) is 0.978. The summed E-state index contributed by atoms with van der Waals surface area (Å²) in [5.41, 5.74) is 0. The lowest BCUT2D eigenvalue weighted by molar-refractivity contribution is -0.257. The molecular weight excluding hydrogens is 171 g/mol. The van der Waals surface area contributed by atoms with Crippen molar-refractivity contribution >= 4 is 0 Å². The van der Waals surface area contributed by atoms with E-state index in [2.05, 4.69) is 9.68 Å². The van der Waals surface area contributed by atoms with E-state index >= 15 is 0 Å². The molecule has 1 saturated heterocycles. The van der Waals surface area contributed by atoms with Crippen LogP contribution in [-0.2, 0) is 9.68 Å². The third-order valence-corrected chi connectivity index (χ3v) is 1.74. The SMILES string of the molecule is OC[C@H]1O[CH][C@H](OF)[C@@H](O)[C@@H]1O. The molecule has 4 atom stereocenters. The molecule has 3 N–H and O–H groups in total. The van der Waals surface area contributed by atoms with Crippen molar-refractivity contribution in [2.24, 2.45) is 0 Å². The van der Waals surface area contributed by atoms with Crippen LogP contribution in [0.5, 0.6) is 0 Å². The Morgan fingerprint density at radius 2 is 2.08 bits per heavy atom. The van der Waals surface area contributed by atoms with Crippen molar-refractivity contribution in [2.75, 3.05) is 6.61 Å². The van der Waals surface area contributed by atoms with Crippen molar-refractivity contribution in [3.05, 3.63) is 6.61 Å². The summed E-state index contributed by atoms with van der Waals surface area (Å²) in [6.07, 6.45) is -4.99. The third-order valence-electron chi connectivity index (χ3n) is 1.74. The molecule has 0 amide bonds. The second-order valence-corrected chi connectivity index (χ2v) is 2.53. The number of halogens is 1. The zero-order chi connectivity index (χ0) is 9.14. The van der Waals surface area contributed by atoms with Crippen molar-refractivity contribution in [3.8, 4) is 0 Å². The van der Waals surface area contributed by atoms with Crippen LogP contribution in [0.15, 0.2) is 0 Å². The Kier molecular flexibility index (Phi) is 3.36. The van der Waals surface area contributed by atoms with Crippen LogP contribution in [0.4, 0.5) is 4.53 Å². The van der Waals surface area contributed by atoms with Gasteiger partial charge in [0.15, 0.2) is 6.10 Å². The summed E-state index contributed by atoms with van der Waals surface area (Å²) in [4.78, 5) is 3.29. The Balaban J connectivity index is 2.52. The normalized spacial score (nSPS) is 43.0. The smallest absolute Gasteiger partial charge is 0.155 e. The van der Waals surface area contributed by atoms with Crippen LogP contribution in [-0.4, -0.2) is 46.3 Å². The van der Waals surface area contributed by atoms with E-state index in [1.54, 1.807) is 0 Å². The predicted octanol–water partition coefficient (Wildman–Crippen LogP) is -1.47. The van der Waals surface area contributed by atoms with E-state index in [0.29, 0.717) is 0 Å². The first-order valence-electron chi connectivity index (χ1n) is 3.44. The molecule has 0 aromatic carbocycles. The summed E-state index contributed by atoms with van der Waals surface area (Å²) >= 11 is 0. The van der Waals surface area contributed by atoms with Gasteiger partial charge in [0.2, 0.25) is 0 Å². The van der Waals surface area contributed by atoms with E-state index in [1.807, 2.05) is 0 Å². The Bertz CT molecular complexity index is 128. The van der Waals surface area contributed by atoms with Gasteiger partial charge < -0.3 is 20.1 Å². The number of hydrogen-bond acceptors (Lipinski definition) is 5. The molecule has 0 saturated carbocycles. The maximum Gasteiger partial charge on any atom is 0.155 e. The van der Waals surface area contributed by atoms with E-state index in [1.165, 1.54) is 0 Å². The van der Waals surface area contributed by atoms with Crippen LogP contribution in [0.25, 0.3) is 0 Å². The van der Waals surface area contributed by atoms with Gasteiger partial charge in [-0.3, -0.25) is 0 Å². The molecule has 1 rings (SSSR count). The molecule has 1 heterocycles. The second kappa shape index (κ2) is 4.11. The number of aliphatic hydroxyl groups excluding tert-OH is 3. The Hall–Kier alpha value is -0.270. The van der Waals surface area contributed by atoms with Gasteiger partial charge in [0.05, 0.1) is 6.61 Å². The maximum absolute atomic E-state index is 11.6. The Labute approximate surface area is 68.2 Å². The van der Waals surface area contributed by atoms with Gasteiger partial charge in [-0.05, 0) is 4.53 Å². The highest BCUT2D eigenvalue weighted by Crippen LogP contribution is 2.20. The topological polar surface area (TPSA) is 79.2 Å². The third kappa shape index (κ3) is 1.73. The van der Waals surface area contributed by atoms with Crippen LogP contribution < -0.4 is 0 Å². The monoisotopic (exact) mass is 181 g/mol. The van der Waals surface area contributed by atoms with Crippen molar-refractivity contribution in [1.29, 1.82) is 0 Å². The summed E-state index contributed by atoms with van der Waals surface area (Å²) in [6.45, 7) is 0.450. The predicted molar refractivity (Wildman–Crippen MR) is 34.3 cm³/mol. The zero-order valence-electron chi connectivity index (χ0n) is 6.13. The van der Waals surface area contributed by atoms with Crippen LogP contribution in [0, 0.1) is 6.61 Å². The molecular formula is C6H10FO5. The molecule has 0 bridgehead atoms. The van der Waals surface area contributed by atoms with Gasteiger partial charge >= 0.3 is 0 Å². The molecule has 71 valence electrons. The number of ether oxygens (including phenoxy) is 1. The first-order chi connectivity index (χ1) is 5.70. The lowest BCUT2D eigenvalue weighted by atomic mass is 10.0. The fraction of sp³-hybridized carbons (Fsp3) is 0.833.